The van der Waals surface area contributed by atoms with Crippen LogP contribution in [0.1, 0.15) is 6.92 Å². The van der Waals surface area contributed by atoms with E-state index in [-0.39, 0.29) is 18.6 Å². The van der Waals surface area contributed by atoms with Crippen LogP contribution in [-0.4, -0.2) is 33.1 Å². The van der Waals surface area contributed by atoms with Crippen LogP contribution in [-0.2, 0) is 16.1 Å². The van der Waals surface area contributed by atoms with Crippen LogP contribution >= 0.6 is 11.3 Å². The second-order valence-corrected chi connectivity index (χ2v) is 5.25. The molecule has 2 aromatic rings. The fourth-order valence-electron chi connectivity index (χ4n) is 1.57. The summed E-state index contributed by atoms with van der Waals surface area (Å²) in [6.07, 6.45) is 1.32. The quantitative estimate of drug-likeness (QED) is 0.826. The molecule has 1 atom stereocenters. The van der Waals surface area contributed by atoms with E-state index in [0.717, 1.165) is 0 Å². The Morgan fingerprint density at radius 3 is 3.00 bits per heavy atom. The Balaban J connectivity index is 2.04. The van der Waals surface area contributed by atoms with Gasteiger partial charge in [0, 0.05) is 6.54 Å². The van der Waals surface area contributed by atoms with Crippen LogP contribution in [0.15, 0.2) is 22.6 Å². The molecule has 0 saturated heterocycles. The van der Waals surface area contributed by atoms with Gasteiger partial charge in [0.2, 0.25) is 5.91 Å². The number of aromatic nitrogens is 2. The van der Waals surface area contributed by atoms with Crippen molar-refractivity contribution in [1.29, 1.82) is 0 Å². The molecular formula is C12H13N3O4S. The summed E-state index contributed by atoms with van der Waals surface area (Å²) in [6, 6.07) is 1.66. The molecular weight excluding hydrogens is 282 g/mol. The molecule has 0 radical (unpaired) electrons. The molecule has 2 N–H and O–H groups in total. The molecule has 8 heteroatoms. The van der Waals surface area contributed by atoms with Crippen molar-refractivity contribution in [3.05, 3.63) is 28.1 Å². The first-order valence-electron chi connectivity index (χ1n) is 5.91. The van der Waals surface area contributed by atoms with Crippen molar-refractivity contribution in [2.24, 2.45) is 5.92 Å². The Bertz CT molecular complexity index is 706. The molecule has 2 aromatic heterocycles. The number of nitrogens with zero attached hydrogens (tertiary/aromatic N) is 2. The van der Waals surface area contributed by atoms with Crippen molar-refractivity contribution in [2.45, 2.75) is 13.5 Å². The fraction of sp³-hybridized carbons (Fsp3) is 0.333. The number of carboxylic acids is 1. The van der Waals surface area contributed by atoms with Crippen LogP contribution in [0.5, 0.6) is 0 Å². The standard InChI is InChI=1S/C12H13N3O4S/c1-7(12(18)19)4-13-9(16)5-15-6-14-10-8(11(15)17)2-3-20-10/h2-3,6-7H,4-5H2,1H3,(H,13,16)(H,18,19). The average molecular weight is 295 g/mol. The first-order valence-corrected chi connectivity index (χ1v) is 6.79. The lowest BCUT2D eigenvalue weighted by molar-refractivity contribution is -0.141. The van der Waals surface area contributed by atoms with Crippen LogP contribution in [0.4, 0.5) is 0 Å². The molecule has 0 bridgehead atoms. The molecule has 0 aliphatic rings. The first-order chi connectivity index (χ1) is 9.49. The van der Waals surface area contributed by atoms with Gasteiger partial charge >= 0.3 is 5.97 Å². The van der Waals surface area contributed by atoms with Crippen LogP contribution in [0.2, 0.25) is 0 Å². The van der Waals surface area contributed by atoms with Gasteiger partial charge in [0.1, 0.15) is 11.4 Å². The summed E-state index contributed by atoms with van der Waals surface area (Å²) < 4.78 is 1.20. The van der Waals surface area contributed by atoms with E-state index in [0.29, 0.717) is 10.2 Å². The van der Waals surface area contributed by atoms with E-state index < -0.39 is 17.8 Å². The van der Waals surface area contributed by atoms with Gasteiger partial charge in [0.25, 0.3) is 5.56 Å². The number of rotatable bonds is 5. The lowest BCUT2D eigenvalue weighted by Crippen LogP contribution is -2.36. The maximum Gasteiger partial charge on any atom is 0.308 e. The van der Waals surface area contributed by atoms with Crippen LogP contribution in [0.3, 0.4) is 0 Å². The Labute approximate surface area is 117 Å². The molecule has 0 saturated carbocycles. The van der Waals surface area contributed by atoms with E-state index in [4.69, 9.17) is 5.11 Å². The monoisotopic (exact) mass is 295 g/mol. The third-order valence-electron chi connectivity index (χ3n) is 2.79. The van der Waals surface area contributed by atoms with Crippen molar-refractivity contribution in [3.8, 4) is 0 Å². The highest BCUT2D eigenvalue weighted by atomic mass is 32.1. The molecule has 2 rings (SSSR count). The Kier molecular flexibility index (Phi) is 4.14. The zero-order chi connectivity index (χ0) is 14.7. The number of amides is 1. The minimum atomic E-state index is -0.983. The van der Waals surface area contributed by atoms with Gasteiger partial charge in [-0.25, -0.2) is 4.98 Å². The molecule has 1 amide bonds. The fourth-order valence-corrected chi connectivity index (χ4v) is 2.29. The van der Waals surface area contributed by atoms with Crippen LogP contribution < -0.4 is 10.9 Å². The van der Waals surface area contributed by atoms with Gasteiger partial charge in [0.05, 0.1) is 17.6 Å². The molecule has 20 heavy (non-hydrogen) atoms. The lowest BCUT2D eigenvalue weighted by Gasteiger charge is -2.09. The van der Waals surface area contributed by atoms with Crippen molar-refractivity contribution in [1.82, 2.24) is 14.9 Å². The smallest absolute Gasteiger partial charge is 0.308 e. The highest BCUT2D eigenvalue weighted by Crippen LogP contribution is 2.13. The number of hydrogen-bond acceptors (Lipinski definition) is 5. The van der Waals surface area contributed by atoms with Crippen LogP contribution in [0.25, 0.3) is 10.2 Å². The minimum absolute atomic E-state index is 0.0248. The Morgan fingerprint density at radius 2 is 2.30 bits per heavy atom. The highest BCUT2D eigenvalue weighted by Gasteiger charge is 2.13. The van der Waals surface area contributed by atoms with E-state index in [1.807, 2.05) is 0 Å². The van der Waals surface area contributed by atoms with Gasteiger partial charge in [-0.2, -0.15) is 0 Å². The predicted octanol–water partition coefficient (Wildman–Crippen LogP) is 0.295. The summed E-state index contributed by atoms with van der Waals surface area (Å²) in [5.41, 5.74) is -0.280. The number of carbonyl (C=O) groups is 2. The number of fused-ring (bicyclic) bond motifs is 1. The maximum atomic E-state index is 12.0. The third kappa shape index (κ3) is 3.02. The van der Waals surface area contributed by atoms with Gasteiger partial charge in [-0.3, -0.25) is 19.0 Å². The normalized spacial score (nSPS) is 12.2. The van der Waals surface area contributed by atoms with Crippen molar-refractivity contribution in [2.75, 3.05) is 6.54 Å². The Hall–Kier alpha value is -2.22. The topological polar surface area (TPSA) is 101 Å². The SMILES string of the molecule is CC(CNC(=O)Cn1cnc2sccc2c1=O)C(=O)O. The van der Waals surface area contributed by atoms with E-state index in [9.17, 15) is 14.4 Å². The molecule has 1 unspecified atom stereocenters. The summed E-state index contributed by atoms with van der Waals surface area (Å²) >= 11 is 1.36. The van der Waals surface area contributed by atoms with E-state index in [1.54, 1.807) is 11.4 Å². The molecule has 106 valence electrons. The molecule has 0 aliphatic carbocycles. The average Bonchev–Trinajstić information content (AvgIpc) is 2.88. The summed E-state index contributed by atoms with van der Waals surface area (Å²) in [7, 11) is 0. The minimum Gasteiger partial charge on any atom is -0.481 e. The number of aliphatic carboxylic acids is 1. The van der Waals surface area contributed by atoms with Crippen molar-refractivity contribution >= 4 is 33.4 Å². The molecule has 0 fully saturated rings. The second-order valence-electron chi connectivity index (χ2n) is 4.36. The highest BCUT2D eigenvalue weighted by molar-refractivity contribution is 7.16. The number of carbonyl (C=O) groups excluding carboxylic acids is 1. The van der Waals surface area contributed by atoms with Crippen molar-refractivity contribution < 1.29 is 14.7 Å². The number of thiophene rings is 1. The summed E-state index contributed by atoms with van der Waals surface area (Å²) in [4.78, 5) is 39.0. The molecule has 0 aliphatic heterocycles. The second kappa shape index (κ2) is 5.83. The van der Waals surface area contributed by atoms with Crippen molar-refractivity contribution in [3.63, 3.8) is 0 Å². The van der Waals surface area contributed by atoms with Gasteiger partial charge in [-0.05, 0) is 11.4 Å². The maximum absolute atomic E-state index is 12.0. The lowest BCUT2D eigenvalue weighted by atomic mass is 10.2. The summed E-state index contributed by atoms with van der Waals surface area (Å²) in [5.74, 6) is -2.08. The van der Waals surface area contributed by atoms with Gasteiger partial charge in [-0.1, -0.05) is 6.92 Å². The van der Waals surface area contributed by atoms with E-state index in [1.165, 1.54) is 29.2 Å². The Morgan fingerprint density at radius 1 is 1.55 bits per heavy atom. The largest absolute Gasteiger partial charge is 0.481 e. The third-order valence-corrected chi connectivity index (χ3v) is 3.61. The summed E-state index contributed by atoms with van der Waals surface area (Å²) in [6.45, 7) is 1.34. The van der Waals surface area contributed by atoms with Crippen LogP contribution in [0, 0.1) is 5.92 Å². The molecule has 2 heterocycles. The number of nitrogens with one attached hydrogen (secondary N) is 1. The van der Waals surface area contributed by atoms with E-state index in [2.05, 4.69) is 10.3 Å². The number of hydrogen-bond donors (Lipinski definition) is 2. The van der Waals surface area contributed by atoms with E-state index >= 15 is 0 Å². The molecule has 0 aromatic carbocycles. The summed E-state index contributed by atoms with van der Waals surface area (Å²) in [5, 5.41) is 13.4. The van der Waals surface area contributed by atoms with Gasteiger partial charge in [-0.15, -0.1) is 11.3 Å². The zero-order valence-corrected chi connectivity index (χ0v) is 11.5. The first kappa shape index (κ1) is 14.2. The van der Waals surface area contributed by atoms with Gasteiger partial charge < -0.3 is 10.4 Å². The molecule has 0 spiro atoms. The number of carboxylic acid groups (broad SMARTS) is 1. The zero-order valence-electron chi connectivity index (χ0n) is 10.7. The predicted molar refractivity (Wildman–Crippen MR) is 73.7 cm³/mol. The van der Waals surface area contributed by atoms with Gasteiger partial charge in [0.15, 0.2) is 0 Å². The molecule has 7 nitrogen and oxygen atoms in total.